The molecule has 9 nitrogen and oxygen atoms in total. The van der Waals surface area contributed by atoms with Gasteiger partial charge in [-0.2, -0.15) is 16.1 Å². The lowest BCUT2D eigenvalue weighted by Gasteiger charge is -2.13. The summed E-state index contributed by atoms with van der Waals surface area (Å²) in [6.07, 6.45) is -0.831. The number of rotatable bonds is 7. The van der Waals surface area contributed by atoms with Crippen LogP contribution in [0, 0.1) is 10.1 Å². The van der Waals surface area contributed by atoms with Crippen LogP contribution >= 0.6 is 18.9 Å². The molecule has 0 aliphatic carbocycles. The van der Waals surface area contributed by atoms with Crippen molar-refractivity contribution < 1.29 is 27.3 Å². The molecule has 2 aromatic rings. The maximum atomic E-state index is 11.9. The summed E-state index contributed by atoms with van der Waals surface area (Å²) < 4.78 is 42.4. The van der Waals surface area contributed by atoms with E-state index < -0.39 is 28.8 Å². The van der Waals surface area contributed by atoms with Gasteiger partial charge in [0, 0.05) is 17.5 Å². The topological polar surface area (TPSA) is 136 Å². The van der Waals surface area contributed by atoms with Gasteiger partial charge in [-0.25, -0.2) is 13.0 Å². The smallest absolute Gasteiger partial charge is 0.391 e. The van der Waals surface area contributed by atoms with Crippen molar-refractivity contribution in [2.75, 3.05) is 6.29 Å². The highest BCUT2D eigenvalue weighted by Crippen LogP contribution is 2.41. The maximum Gasteiger partial charge on any atom is 0.391 e. The number of thiophene rings is 1. The number of nitro groups is 1. The average molecular weight is 378 g/mol. The van der Waals surface area contributed by atoms with Crippen molar-refractivity contribution in [3.8, 4) is 5.75 Å². The van der Waals surface area contributed by atoms with Crippen molar-refractivity contribution >= 4 is 34.6 Å². The lowest BCUT2D eigenvalue weighted by atomic mass is 10.3. The number of nitro benzene ring substituents is 1. The molecule has 2 N–H and O–H groups in total. The molecule has 0 bridgehead atoms. The fourth-order valence-electron chi connectivity index (χ4n) is 1.48. The van der Waals surface area contributed by atoms with Gasteiger partial charge in [0.25, 0.3) is 5.69 Å². The molecule has 1 aromatic heterocycles. The number of sulfonamides is 1. The highest BCUT2D eigenvalue weighted by molar-refractivity contribution is 7.90. The minimum Gasteiger partial charge on any atom is -0.424 e. The monoisotopic (exact) mass is 378 g/mol. The summed E-state index contributed by atoms with van der Waals surface area (Å²) in [7, 11) is -8.21. The normalized spacial score (nSPS) is 14.1. The number of hydrogen-bond acceptors (Lipinski definition) is 7. The van der Waals surface area contributed by atoms with E-state index in [0.29, 0.717) is 0 Å². The van der Waals surface area contributed by atoms with Crippen molar-refractivity contribution in [1.29, 1.82) is 0 Å². The second kappa shape index (κ2) is 6.77. The second-order valence-corrected chi connectivity index (χ2v) is 8.57. The average Bonchev–Trinajstić information content (AvgIpc) is 3.01. The van der Waals surface area contributed by atoms with E-state index in [-0.39, 0.29) is 16.3 Å². The molecule has 0 radical (unpaired) electrons. The highest BCUT2D eigenvalue weighted by atomic mass is 32.2. The van der Waals surface area contributed by atoms with Crippen molar-refractivity contribution in [2.24, 2.45) is 0 Å². The van der Waals surface area contributed by atoms with E-state index >= 15 is 0 Å². The number of non-ortho nitro benzene ring substituents is 1. The molecule has 0 saturated carbocycles. The molecule has 0 spiro atoms. The molecular weight excluding hydrogens is 367 g/mol. The summed E-state index contributed by atoms with van der Waals surface area (Å²) in [6.45, 7) is 0. The molecule has 2 rings (SSSR count). The summed E-state index contributed by atoms with van der Waals surface area (Å²) in [5, 5.41) is 13.4. The van der Waals surface area contributed by atoms with Gasteiger partial charge >= 0.3 is 7.60 Å². The van der Waals surface area contributed by atoms with E-state index in [9.17, 15) is 28.0 Å². The van der Waals surface area contributed by atoms with E-state index in [2.05, 4.69) is 0 Å². The fourth-order valence-corrected chi connectivity index (χ4v) is 5.02. The van der Waals surface area contributed by atoms with Crippen LogP contribution in [-0.2, 0) is 14.6 Å². The molecule has 124 valence electrons. The molecule has 12 heteroatoms. The van der Waals surface area contributed by atoms with Crippen LogP contribution in [-0.4, -0.2) is 24.5 Å². The Kier molecular flexibility index (Phi) is 5.17. The van der Waals surface area contributed by atoms with Gasteiger partial charge in [0.15, 0.2) is 0 Å². The Balaban J connectivity index is 2.02. The van der Waals surface area contributed by atoms with E-state index in [0.717, 1.165) is 24.3 Å². The van der Waals surface area contributed by atoms with Gasteiger partial charge in [-0.15, -0.1) is 0 Å². The predicted octanol–water partition coefficient (Wildman–Crippen LogP) is 2.16. The van der Waals surface area contributed by atoms with Gasteiger partial charge in [-0.05, 0) is 23.6 Å². The van der Waals surface area contributed by atoms with Gasteiger partial charge in [0.05, 0.1) is 9.82 Å². The Morgan fingerprint density at radius 3 is 2.48 bits per heavy atom. The Morgan fingerprint density at radius 1 is 1.30 bits per heavy atom. The lowest BCUT2D eigenvalue weighted by molar-refractivity contribution is -0.384. The zero-order chi connectivity index (χ0) is 17.1. The SMILES string of the molecule is O=[N+]([O-])c1ccc(OP(=O)(O)CNS(=O)(=O)c2ccsc2)cc1. The minimum atomic E-state index is -4.31. The molecule has 1 atom stereocenters. The van der Waals surface area contributed by atoms with E-state index in [1.54, 1.807) is 5.38 Å². The van der Waals surface area contributed by atoms with Crippen LogP contribution < -0.4 is 9.25 Å². The number of nitrogens with zero attached hydrogens (tertiary/aromatic N) is 1. The van der Waals surface area contributed by atoms with Gasteiger partial charge in [-0.1, -0.05) is 0 Å². The first kappa shape index (κ1) is 17.6. The summed E-state index contributed by atoms with van der Waals surface area (Å²) in [6, 6.07) is 5.85. The Hall–Kier alpha value is -1.78. The van der Waals surface area contributed by atoms with Crippen LogP contribution in [0.3, 0.4) is 0 Å². The Morgan fingerprint density at radius 2 is 1.96 bits per heavy atom. The summed E-state index contributed by atoms with van der Waals surface area (Å²) in [5.74, 6) is -0.0869. The van der Waals surface area contributed by atoms with Gasteiger partial charge in [0.2, 0.25) is 10.0 Å². The first-order valence-corrected chi connectivity index (χ1v) is 10.2. The summed E-state index contributed by atoms with van der Waals surface area (Å²) in [5.41, 5.74) is -0.205. The first-order valence-electron chi connectivity index (χ1n) is 5.97. The molecule has 0 amide bonds. The second-order valence-electron chi connectivity index (χ2n) is 4.24. The van der Waals surface area contributed by atoms with E-state index in [1.165, 1.54) is 22.8 Å². The van der Waals surface area contributed by atoms with Crippen LogP contribution in [0.4, 0.5) is 5.69 Å². The zero-order valence-electron chi connectivity index (χ0n) is 11.4. The highest BCUT2D eigenvalue weighted by Gasteiger charge is 2.25. The number of nitrogens with one attached hydrogen (secondary N) is 1. The predicted molar refractivity (Wildman–Crippen MR) is 83.1 cm³/mol. The van der Waals surface area contributed by atoms with Crippen molar-refractivity contribution in [2.45, 2.75) is 4.90 Å². The van der Waals surface area contributed by atoms with E-state index in [4.69, 9.17) is 4.52 Å². The number of hydrogen-bond donors (Lipinski definition) is 2. The third kappa shape index (κ3) is 4.85. The Labute approximate surface area is 135 Å². The molecule has 0 fully saturated rings. The summed E-state index contributed by atoms with van der Waals surface area (Å²) >= 11 is 1.17. The molecule has 1 unspecified atom stereocenters. The summed E-state index contributed by atoms with van der Waals surface area (Å²) in [4.78, 5) is 19.5. The van der Waals surface area contributed by atoms with Crippen LogP contribution in [0.25, 0.3) is 0 Å². The standard InChI is InChI=1S/C11H11N2O7PS2/c14-13(15)9-1-3-10(4-2-9)20-21(16,17)8-12-23(18,19)11-5-6-22-7-11/h1-7,12H,8H2,(H,16,17). The van der Waals surface area contributed by atoms with Gasteiger partial charge in [0.1, 0.15) is 12.0 Å². The quantitative estimate of drug-likeness (QED) is 0.428. The van der Waals surface area contributed by atoms with Crippen molar-refractivity contribution in [3.63, 3.8) is 0 Å². The third-order valence-corrected chi connectivity index (χ3v) is 6.05. The minimum absolute atomic E-state index is 0.0159. The van der Waals surface area contributed by atoms with Crippen LogP contribution in [0.15, 0.2) is 46.0 Å². The van der Waals surface area contributed by atoms with Crippen LogP contribution in [0.1, 0.15) is 0 Å². The van der Waals surface area contributed by atoms with Crippen molar-refractivity contribution in [1.82, 2.24) is 4.72 Å². The number of benzene rings is 1. The van der Waals surface area contributed by atoms with E-state index in [1.807, 2.05) is 4.72 Å². The third-order valence-electron chi connectivity index (χ3n) is 2.56. The molecular formula is C11H11N2O7PS2. The molecule has 0 saturated heterocycles. The molecule has 0 aliphatic heterocycles. The Bertz CT molecular complexity index is 834. The fraction of sp³-hybridized carbons (Fsp3) is 0.0909. The van der Waals surface area contributed by atoms with Crippen LogP contribution in [0.2, 0.25) is 0 Å². The zero-order valence-corrected chi connectivity index (χ0v) is 13.9. The van der Waals surface area contributed by atoms with Crippen LogP contribution in [0.5, 0.6) is 5.75 Å². The molecule has 23 heavy (non-hydrogen) atoms. The maximum absolute atomic E-state index is 11.9. The molecule has 1 heterocycles. The lowest BCUT2D eigenvalue weighted by Crippen LogP contribution is -2.25. The molecule has 0 aliphatic rings. The van der Waals surface area contributed by atoms with Gasteiger partial charge < -0.3 is 9.42 Å². The largest absolute Gasteiger partial charge is 0.424 e. The molecule has 1 aromatic carbocycles. The van der Waals surface area contributed by atoms with Gasteiger partial charge in [-0.3, -0.25) is 10.1 Å². The van der Waals surface area contributed by atoms with Crippen molar-refractivity contribution in [3.05, 3.63) is 51.2 Å². The first-order chi connectivity index (χ1) is 10.7.